The van der Waals surface area contributed by atoms with Crippen molar-refractivity contribution in [2.75, 3.05) is 5.73 Å². The van der Waals surface area contributed by atoms with Crippen molar-refractivity contribution in [3.05, 3.63) is 29.3 Å². The van der Waals surface area contributed by atoms with Gasteiger partial charge in [0.2, 0.25) is 0 Å². The van der Waals surface area contributed by atoms with Crippen LogP contribution >= 0.6 is 0 Å². The Kier molecular flexibility index (Phi) is 3.19. The number of aliphatic hydroxyl groups excluding tert-OH is 2. The minimum absolute atomic E-state index is 0.365. The van der Waals surface area contributed by atoms with Crippen LogP contribution in [0.2, 0.25) is 0 Å². The molecule has 1 aromatic rings. The number of hydrogen-bond donors (Lipinski definition) is 3. The molecule has 4 nitrogen and oxygen atoms in total. The van der Waals surface area contributed by atoms with Gasteiger partial charge in [0.25, 0.3) is 0 Å². The highest BCUT2D eigenvalue weighted by Gasteiger charge is 2.22. The quantitative estimate of drug-likeness (QED) is 0.493. The smallest absolute Gasteiger partial charge is 0.170 e. The molecule has 0 bridgehead atoms. The van der Waals surface area contributed by atoms with Crippen LogP contribution in [0.5, 0.6) is 0 Å². The van der Waals surface area contributed by atoms with Crippen molar-refractivity contribution in [2.45, 2.75) is 12.2 Å². The molecular weight excluding hydrogens is 206 g/mol. The molecule has 0 heterocycles. The Labute approximate surface area is 84.2 Å². The van der Waals surface area contributed by atoms with Gasteiger partial charge in [0.05, 0.1) is 11.8 Å². The molecule has 0 radical (unpaired) electrons. The lowest BCUT2D eigenvalue weighted by atomic mass is 10.0. The maximum atomic E-state index is 13.1. The third kappa shape index (κ3) is 2.21. The zero-order valence-electron chi connectivity index (χ0n) is 7.48. The highest BCUT2D eigenvalue weighted by molar-refractivity contribution is 5.44. The van der Waals surface area contributed by atoms with Gasteiger partial charge >= 0.3 is 0 Å². The van der Waals surface area contributed by atoms with E-state index in [0.717, 1.165) is 6.07 Å². The first-order chi connectivity index (χ1) is 6.97. The monoisotopic (exact) mass is 214 g/mol. The van der Waals surface area contributed by atoms with Gasteiger partial charge in [0.1, 0.15) is 17.7 Å². The number of nitrogens with two attached hydrogens (primary N) is 1. The number of rotatable bonds is 2. The van der Waals surface area contributed by atoms with Gasteiger partial charge < -0.3 is 15.9 Å². The Balaban J connectivity index is 3.16. The fourth-order valence-corrected chi connectivity index (χ4v) is 1.05. The number of nitrogens with zero attached hydrogens (tertiary/aromatic N) is 1. The van der Waals surface area contributed by atoms with Crippen molar-refractivity contribution in [1.29, 1.82) is 5.26 Å². The van der Waals surface area contributed by atoms with Gasteiger partial charge in [0, 0.05) is 11.6 Å². The third-order valence-electron chi connectivity index (χ3n) is 1.87. The van der Waals surface area contributed by atoms with Crippen molar-refractivity contribution < 1.29 is 19.0 Å². The van der Waals surface area contributed by atoms with Crippen LogP contribution in [-0.4, -0.2) is 16.3 Å². The first-order valence-corrected chi connectivity index (χ1v) is 3.97. The van der Waals surface area contributed by atoms with Crippen LogP contribution < -0.4 is 5.73 Å². The number of nitrogen functional groups attached to an aromatic ring is 1. The van der Waals surface area contributed by atoms with Crippen LogP contribution in [0.3, 0.4) is 0 Å². The summed E-state index contributed by atoms with van der Waals surface area (Å²) in [6.45, 7) is 0. The van der Waals surface area contributed by atoms with Crippen molar-refractivity contribution >= 4 is 5.69 Å². The summed E-state index contributed by atoms with van der Waals surface area (Å²) in [5.74, 6) is -2.03. The molecule has 15 heavy (non-hydrogen) atoms. The molecule has 0 fully saturated rings. The average Bonchev–Trinajstić information content (AvgIpc) is 2.21. The topological polar surface area (TPSA) is 90.3 Å². The molecule has 1 aromatic carbocycles. The van der Waals surface area contributed by atoms with E-state index in [2.05, 4.69) is 0 Å². The summed E-state index contributed by atoms with van der Waals surface area (Å²) in [6.07, 6.45) is -3.54. The summed E-state index contributed by atoms with van der Waals surface area (Å²) in [7, 11) is 0. The van der Waals surface area contributed by atoms with E-state index < -0.39 is 29.4 Å². The van der Waals surface area contributed by atoms with Gasteiger partial charge in [-0.05, 0) is 6.07 Å². The van der Waals surface area contributed by atoms with E-state index in [4.69, 9.17) is 16.1 Å². The number of benzene rings is 1. The SMILES string of the molecule is N#CC(O)C(O)c1cc(N)c(F)cc1F. The zero-order valence-corrected chi connectivity index (χ0v) is 7.48. The molecule has 4 N–H and O–H groups in total. The molecule has 6 heteroatoms. The maximum Gasteiger partial charge on any atom is 0.170 e. The molecule has 0 aliphatic rings. The van der Waals surface area contributed by atoms with E-state index in [1.54, 1.807) is 0 Å². The summed E-state index contributed by atoms with van der Waals surface area (Å²) < 4.78 is 25.8. The van der Waals surface area contributed by atoms with Crippen LogP contribution in [0, 0.1) is 23.0 Å². The first kappa shape index (κ1) is 11.4. The normalized spacial score (nSPS) is 14.3. The van der Waals surface area contributed by atoms with Gasteiger partial charge in [-0.1, -0.05) is 0 Å². The number of hydrogen-bond acceptors (Lipinski definition) is 4. The van der Waals surface area contributed by atoms with E-state index in [1.165, 1.54) is 6.07 Å². The fraction of sp³-hybridized carbons (Fsp3) is 0.222. The molecule has 0 aliphatic carbocycles. The van der Waals surface area contributed by atoms with Crippen molar-refractivity contribution in [2.24, 2.45) is 0 Å². The Morgan fingerprint density at radius 2 is 1.87 bits per heavy atom. The fourth-order valence-electron chi connectivity index (χ4n) is 1.05. The minimum Gasteiger partial charge on any atom is -0.396 e. The summed E-state index contributed by atoms with van der Waals surface area (Å²) in [5, 5.41) is 26.5. The summed E-state index contributed by atoms with van der Waals surface area (Å²) in [5.41, 5.74) is 4.37. The summed E-state index contributed by atoms with van der Waals surface area (Å²) >= 11 is 0. The Hall–Kier alpha value is -1.71. The van der Waals surface area contributed by atoms with Crippen molar-refractivity contribution in [1.82, 2.24) is 0 Å². The van der Waals surface area contributed by atoms with Crippen molar-refractivity contribution in [3.8, 4) is 6.07 Å². The zero-order chi connectivity index (χ0) is 11.6. The molecule has 80 valence electrons. The minimum atomic E-state index is -1.79. The first-order valence-electron chi connectivity index (χ1n) is 3.97. The van der Waals surface area contributed by atoms with Crippen LogP contribution in [0.1, 0.15) is 11.7 Å². The van der Waals surface area contributed by atoms with Gasteiger partial charge in [-0.2, -0.15) is 5.26 Å². The van der Waals surface area contributed by atoms with E-state index in [9.17, 15) is 13.9 Å². The van der Waals surface area contributed by atoms with E-state index >= 15 is 0 Å². The van der Waals surface area contributed by atoms with Crippen LogP contribution in [0.25, 0.3) is 0 Å². The number of anilines is 1. The van der Waals surface area contributed by atoms with E-state index in [-0.39, 0.29) is 5.69 Å². The van der Waals surface area contributed by atoms with Gasteiger partial charge in [-0.3, -0.25) is 0 Å². The van der Waals surface area contributed by atoms with Gasteiger partial charge in [-0.25, -0.2) is 8.78 Å². The highest BCUT2D eigenvalue weighted by Crippen LogP contribution is 2.24. The molecule has 0 spiro atoms. The Bertz CT molecular complexity index is 417. The lowest BCUT2D eigenvalue weighted by Gasteiger charge is -2.13. The second kappa shape index (κ2) is 4.21. The molecule has 0 amide bonds. The highest BCUT2D eigenvalue weighted by atomic mass is 19.1. The second-order valence-electron chi connectivity index (χ2n) is 2.91. The Morgan fingerprint density at radius 1 is 1.27 bits per heavy atom. The lowest BCUT2D eigenvalue weighted by Crippen LogP contribution is -2.17. The lowest BCUT2D eigenvalue weighted by molar-refractivity contribution is 0.0503. The predicted molar refractivity (Wildman–Crippen MR) is 47.4 cm³/mol. The standard InChI is InChI=1S/C9H8F2N2O2/c10-5-2-6(11)7(13)1-4(5)9(15)8(14)3-12/h1-2,8-9,14-15H,13H2. The second-order valence-corrected chi connectivity index (χ2v) is 2.91. The van der Waals surface area contributed by atoms with E-state index in [0.29, 0.717) is 6.07 Å². The maximum absolute atomic E-state index is 13.1. The third-order valence-corrected chi connectivity index (χ3v) is 1.87. The molecule has 2 atom stereocenters. The Morgan fingerprint density at radius 3 is 2.40 bits per heavy atom. The molecule has 0 saturated carbocycles. The molecule has 1 rings (SSSR count). The molecule has 0 saturated heterocycles. The predicted octanol–water partition coefficient (Wildman–Crippen LogP) is 0.465. The van der Waals surface area contributed by atoms with Crippen LogP contribution in [0.4, 0.5) is 14.5 Å². The number of halogens is 2. The molecule has 0 aliphatic heterocycles. The van der Waals surface area contributed by atoms with Crippen molar-refractivity contribution in [3.63, 3.8) is 0 Å². The summed E-state index contributed by atoms with van der Waals surface area (Å²) in [4.78, 5) is 0. The molecule has 0 aromatic heterocycles. The van der Waals surface area contributed by atoms with Gasteiger partial charge in [-0.15, -0.1) is 0 Å². The van der Waals surface area contributed by atoms with Crippen LogP contribution in [0.15, 0.2) is 12.1 Å². The average molecular weight is 214 g/mol. The number of aliphatic hydroxyl groups is 2. The summed E-state index contributed by atoms with van der Waals surface area (Å²) in [6, 6.07) is 2.66. The van der Waals surface area contributed by atoms with Gasteiger partial charge in [0.15, 0.2) is 6.10 Å². The molecule has 2 unspecified atom stereocenters. The van der Waals surface area contributed by atoms with Crippen LogP contribution in [-0.2, 0) is 0 Å². The molecular formula is C9H8F2N2O2. The largest absolute Gasteiger partial charge is 0.396 e. The number of nitriles is 1. The van der Waals surface area contributed by atoms with E-state index in [1.807, 2.05) is 0 Å².